The molecule has 0 aliphatic heterocycles. The van der Waals surface area contributed by atoms with E-state index < -0.39 is 17.9 Å². The quantitative estimate of drug-likeness (QED) is 0.682. The summed E-state index contributed by atoms with van der Waals surface area (Å²) in [6, 6.07) is 2.67. The second kappa shape index (κ2) is 9.01. The van der Waals surface area contributed by atoms with E-state index in [1.165, 1.54) is 18.7 Å². The van der Waals surface area contributed by atoms with Gasteiger partial charge in [-0.25, -0.2) is 18.7 Å². The lowest BCUT2D eigenvalue weighted by atomic mass is 9.95. The Morgan fingerprint density at radius 1 is 1.15 bits per heavy atom. The molecule has 0 saturated heterocycles. The Hall–Kier alpha value is -2.38. The first-order valence-electron chi connectivity index (χ1n) is 9.40. The molecule has 0 radical (unpaired) electrons. The fourth-order valence-electron chi connectivity index (χ4n) is 3.12. The van der Waals surface area contributed by atoms with Gasteiger partial charge in [0.1, 0.15) is 12.0 Å². The van der Waals surface area contributed by atoms with Gasteiger partial charge in [-0.15, -0.1) is 0 Å². The zero-order valence-corrected chi connectivity index (χ0v) is 15.3. The minimum absolute atomic E-state index is 0.113. The van der Waals surface area contributed by atoms with Gasteiger partial charge in [0.2, 0.25) is 11.9 Å². The first kappa shape index (κ1) is 19.4. The normalized spacial score (nSPS) is 16.1. The standard InChI is InChI=1S/C19H24F3N5/c1-2-12(20)10-23-19-24-11-14(16-9-8-15(21)17(22)26-16)18(27-19)25-13-6-4-3-5-7-13/h8-9,11-13H,2-7,10H2,1H3,(H2,23,24,25,27). The summed E-state index contributed by atoms with van der Waals surface area (Å²) in [4.78, 5) is 12.3. The molecule has 1 aliphatic carbocycles. The maximum absolute atomic E-state index is 13.6. The molecule has 1 unspecified atom stereocenters. The molecule has 2 heterocycles. The van der Waals surface area contributed by atoms with Crippen LogP contribution < -0.4 is 10.6 Å². The van der Waals surface area contributed by atoms with Crippen molar-refractivity contribution < 1.29 is 13.2 Å². The average molecular weight is 379 g/mol. The SMILES string of the molecule is CCC(F)CNc1ncc(-c2ccc(F)c(F)n2)c(NC2CCCCC2)n1. The van der Waals surface area contributed by atoms with Gasteiger partial charge in [-0.1, -0.05) is 26.2 Å². The molecule has 2 aromatic rings. The van der Waals surface area contributed by atoms with Crippen molar-refractivity contribution in [2.24, 2.45) is 0 Å². The van der Waals surface area contributed by atoms with Crippen molar-refractivity contribution in [2.75, 3.05) is 17.2 Å². The Bertz CT molecular complexity index is 765. The summed E-state index contributed by atoms with van der Waals surface area (Å²) in [7, 11) is 0. The van der Waals surface area contributed by atoms with E-state index in [1.807, 2.05) is 0 Å². The Morgan fingerprint density at radius 2 is 1.93 bits per heavy atom. The monoisotopic (exact) mass is 379 g/mol. The van der Waals surface area contributed by atoms with E-state index in [2.05, 4.69) is 25.6 Å². The van der Waals surface area contributed by atoms with E-state index in [0.29, 0.717) is 17.8 Å². The second-order valence-corrected chi connectivity index (χ2v) is 6.79. The molecule has 0 bridgehead atoms. The van der Waals surface area contributed by atoms with Gasteiger partial charge in [0.25, 0.3) is 0 Å². The maximum atomic E-state index is 13.6. The molecule has 0 amide bonds. The molecule has 1 saturated carbocycles. The van der Waals surface area contributed by atoms with Crippen molar-refractivity contribution in [2.45, 2.75) is 57.7 Å². The van der Waals surface area contributed by atoms with E-state index in [4.69, 9.17) is 0 Å². The molecule has 1 aliphatic rings. The van der Waals surface area contributed by atoms with Gasteiger partial charge in [-0.05, 0) is 31.4 Å². The largest absolute Gasteiger partial charge is 0.367 e. The lowest BCUT2D eigenvalue weighted by molar-refractivity contribution is 0.340. The fraction of sp³-hybridized carbons (Fsp3) is 0.526. The number of aromatic nitrogens is 3. The highest BCUT2D eigenvalue weighted by molar-refractivity contribution is 5.72. The van der Waals surface area contributed by atoms with Crippen LogP contribution in [0.25, 0.3) is 11.3 Å². The number of anilines is 2. The van der Waals surface area contributed by atoms with E-state index in [9.17, 15) is 13.2 Å². The third-order valence-electron chi connectivity index (χ3n) is 4.74. The lowest BCUT2D eigenvalue weighted by Crippen LogP contribution is -2.24. The van der Waals surface area contributed by atoms with Crippen molar-refractivity contribution >= 4 is 11.8 Å². The van der Waals surface area contributed by atoms with Crippen molar-refractivity contribution in [1.82, 2.24) is 15.0 Å². The number of nitrogens with zero attached hydrogens (tertiary/aromatic N) is 3. The van der Waals surface area contributed by atoms with Crippen LogP contribution in [0.5, 0.6) is 0 Å². The molecule has 0 aromatic carbocycles. The third-order valence-corrected chi connectivity index (χ3v) is 4.74. The van der Waals surface area contributed by atoms with Crippen LogP contribution in [0, 0.1) is 11.8 Å². The Labute approximate surface area is 156 Å². The highest BCUT2D eigenvalue weighted by atomic mass is 19.2. The van der Waals surface area contributed by atoms with Crippen LogP contribution in [0.3, 0.4) is 0 Å². The van der Waals surface area contributed by atoms with E-state index in [-0.39, 0.29) is 24.2 Å². The van der Waals surface area contributed by atoms with Crippen molar-refractivity contribution in [3.05, 3.63) is 30.1 Å². The van der Waals surface area contributed by atoms with Crippen LogP contribution in [0.4, 0.5) is 24.9 Å². The zero-order chi connectivity index (χ0) is 19.2. The van der Waals surface area contributed by atoms with Crippen LogP contribution in [-0.4, -0.2) is 33.7 Å². The Balaban J connectivity index is 1.88. The zero-order valence-electron chi connectivity index (χ0n) is 15.3. The molecule has 2 N–H and O–H groups in total. The summed E-state index contributed by atoms with van der Waals surface area (Å²) < 4.78 is 40.3. The molecule has 27 heavy (non-hydrogen) atoms. The number of hydrogen-bond donors (Lipinski definition) is 2. The summed E-state index contributed by atoms with van der Waals surface area (Å²) in [6.45, 7) is 1.88. The van der Waals surface area contributed by atoms with E-state index in [0.717, 1.165) is 31.7 Å². The molecule has 1 fully saturated rings. The molecular formula is C19H24F3N5. The molecule has 2 aromatic heterocycles. The summed E-state index contributed by atoms with van der Waals surface area (Å²) in [5.74, 6) is -1.39. The Morgan fingerprint density at radius 3 is 2.63 bits per heavy atom. The fourth-order valence-corrected chi connectivity index (χ4v) is 3.12. The molecule has 1 atom stereocenters. The third kappa shape index (κ3) is 5.08. The van der Waals surface area contributed by atoms with Crippen molar-refractivity contribution in [3.8, 4) is 11.3 Å². The predicted octanol–water partition coefficient (Wildman–Crippen LogP) is 4.72. The molecule has 3 rings (SSSR count). The predicted molar refractivity (Wildman–Crippen MR) is 99.4 cm³/mol. The van der Waals surface area contributed by atoms with Crippen LogP contribution in [0.2, 0.25) is 0 Å². The highest BCUT2D eigenvalue weighted by Crippen LogP contribution is 2.29. The molecular weight excluding hydrogens is 355 g/mol. The van der Waals surface area contributed by atoms with Gasteiger partial charge < -0.3 is 10.6 Å². The van der Waals surface area contributed by atoms with Gasteiger partial charge in [0, 0.05) is 18.8 Å². The van der Waals surface area contributed by atoms with E-state index >= 15 is 0 Å². The Kier molecular flexibility index (Phi) is 6.47. The highest BCUT2D eigenvalue weighted by Gasteiger charge is 2.19. The topological polar surface area (TPSA) is 62.7 Å². The van der Waals surface area contributed by atoms with Gasteiger partial charge in [-0.2, -0.15) is 9.37 Å². The number of pyridine rings is 1. The molecule has 5 nitrogen and oxygen atoms in total. The summed E-state index contributed by atoms with van der Waals surface area (Å²) in [5, 5.41) is 6.26. The second-order valence-electron chi connectivity index (χ2n) is 6.79. The van der Waals surface area contributed by atoms with Crippen LogP contribution >= 0.6 is 0 Å². The number of rotatable bonds is 7. The summed E-state index contributed by atoms with van der Waals surface area (Å²) in [6.07, 6.45) is 6.41. The number of alkyl halides is 1. The van der Waals surface area contributed by atoms with Crippen molar-refractivity contribution in [1.29, 1.82) is 0 Å². The van der Waals surface area contributed by atoms with Gasteiger partial charge in [0.15, 0.2) is 5.82 Å². The molecule has 8 heteroatoms. The smallest absolute Gasteiger partial charge is 0.249 e. The minimum atomic E-state index is -1.17. The summed E-state index contributed by atoms with van der Waals surface area (Å²) in [5.41, 5.74) is 0.730. The molecule has 146 valence electrons. The first-order valence-corrected chi connectivity index (χ1v) is 9.40. The van der Waals surface area contributed by atoms with Gasteiger partial charge in [-0.3, -0.25) is 0 Å². The van der Waals surface area contributed by atoms with Crippen LogP contribution in [-0.2, 0) is 0 Å². The van der Waals surface area contributed by atoms with Crippen LogP contribution in [0.15, 0.2) is 18.3 Å². The van der Waals surface area contributed by atoms with E-state index in [1.54, 1.807) is 6.92 Å². The van der Waals surface area contributed by atoms with Gasteiger partial charge in [0.05, 0.1) is 11.3 Å². The number of halogens is 3. The average Bonchev–Trinajstić information content (AvgIpc) is 2.69. The summed E-state index contributed by atoms with van der Waals surface area (Å²) >= 11 is 0. The minimum Gasteiger partial charge on any atom is -0.367 e. The van der Waals surface area contributed by atoms with Gasteiger partial charge >= 0.3 is 0 Å². The first-order chi connectivity index (χ1) is 13.1. The number of nitrogens with one attached hydrogen (secondary N) is 2. The molecule has 0 spiro atoms. The maximum Gasteiger partial charge on any atom is 0.249 e. The number of hydrogen-bond acceptors (Lipinski definition) is 5. The van der Waals surface area contributed by atoms with Crippen molar-refractivity contribution in [3.63, 3.8) is 0 Å². The van der Waals surface area contributed by atoms with Crippen LogP contribution in [0.1, 0.15) is 45.4 Å². The lowest BCUT2D eigenvalue weighted by Gasteiger charge is -2.24.